The molecule has 0 radical (unpaired) electrons. The van der Waals surface area contributed by atoms with E-state index in [9.17, 15) is 0 Å². The lowest BCUT2D eigenvalue weighted by molar-refractivity contribution is -0.442. The van der Waals surface area contributed by atoms with Crippen LogP contribution < -0.4 is 0 Å². The summed E-state index contributed by atoms with van der Waals surface area (Å²) in [5.74, 6) is -1.67. The molecule has 106 valence electrons. The SMILES string of the molecule is CC1(C)COC(C)(C2(C)OCC(C)(C)CO2)OC1. The van der Waals surface area contributed by atoms with Gasteiger partial charge in [0.05, 0.1) is 26.4 Å². The molecule has 0 amide bonds. The summed E-state index contributed by atoms with van der Waals surface area (Å²) in [6, 6.07) is 0. The Bertz CT molecular complexity index is 270. The summed E-state index contributed by atoms with van der Waals surface area (Å²) in [5.41, 5.74) is 0.0909. The van der Waals surface area contributed by atoms with Crippen LogP contribution in [-0.2, 0) is 18.9 Å². The van der Waals surface area contributed by atoms with Gasteiger partial charge in [0.2, 0.25) is 11.6 Å². The summed E-state index contributed by atoms with van der Waals surface area (Å²) in [6.45, 7) is 14.9. The first-order chi connectivity index (χ1) is 8.08. The van der Waals surface area contributed by atoms with Crippen LogP contribution in [0.3, 0.4) is 0 Å². The Kier molecular flexibility index (Phi) is 3.30. The van der Waals surface area contributed by atoms with Gasteiger partial charge >= 0.3 is 0 Å². The van der Waals surface area contributed by atoms with Crippen molar-refractivity contribution in [1.29, 1.82) is 0 Å². The fourth-order valence-electron chi connectivity index (χ4n) is 2.02. The standard InChI is InChI=1S/C14H26O4/c1-11(2)7-15-13(5,16-8-11)14(6)17-9-12(3,4)10-18-14/h7-10H2,1-6H3. The van der Waals surface area contributed by atoms with E-state index < -0.39 is 11.6 Å². The van der Waals surface area contributed by atoms with Crippen molar-refractivity contribution in [1.82, 2.24) is 0 Å². The van der Waals surface area contributed by atoms with E-state index in [2.05, 4.69) is 27.7 Å². The first-order valence-electron chi connectivity index (χ1n) is 6.64. The van der Waals surface area contributed by atoms with Crippen molar-refractivity contribution >= 4 is 0 Å². The Labute approximate surface area is 110 Å². The Morgan fingerprint density at radius 2 is 0.722 bits per heavy atom. The molecule has 0 spiro atoms. The van der Waals surface area contributed by atoms with Crippen molar-refractivity contribution in [2.75, 3.05) is 26.4 Å². The molecule has 4 heteroatoms. The molecule has 0 saturated carbocycles. The molecule has 2 heterocycles. The van der Waals surface area contributed by atoms with Crippen molar-refractivity contribution in [3.8, 4) is 0 Å². The van der Waals surface area contributed by atoms with Gasteiger partial charge in [0.15, 0.2) is 0 Å². The van der Waals surface area contributed by atoms with Gasteiger partial charge in [-0.2, -0.15) is 0 Å². The highest BCUT2D eigenvalue weighted by Gasteiger charge is 2.55. The van der Waals surface area contributed by atoms with E-state index in [1.165, 1.54) is 0 Å². The molecule has 0 aromatic heterocycles. The summed E-state index contributed by atoms with van der Waals surface area (Å²) in [5, 5.41) is 0. The van der Waals surface area contributed by atoms with Crippen LogP contribution in [0.5, 0.6) is 0 Å². The molecule has 2 aliphatic heterocycles. The van der Waals surface area contributed by atoms with Crippen LogP contribution in [0.2, 0.25) is 0 Å². The van der Waals surface area contributed by atoms with Crippen molar-refractivity contribution in [2.45, 2.75) is 53.1 Å². The maximum Gasteiger partial charge on any atom is 0.220 e. The molecule has 0 aromatic carbocycles. The quantitative estimate of drug-likeness (QED) is 0.724. The minimum Gasteiger partial charge on any atom is -0.345 e. The van der Waals surface area contributed by atoms with E-state index in [0.717, 1.165) is 0 Å². The molecule has 0 unspecified atom stereocenters. The van der Waals surface area contributed by atoms with E-state index in [1.807, 2.05) is 13.8 Å². The lowest BCUT2D eigenvalue weighted by Gasteiger charge is -2.53. The Morgan fingerprint density at radius 3 is 0.944 bits per heavy atom. The second-order valence-corrected chi connectivity index (χ2v) is 7.37. The number of ether oxygens (including phenoxy) is 4. The second-order valence-electron chi connectivity index (χ2n) is 7.37. The number of hydrogen-bond acceptors (Lipinski definition) is 4. The van der Waals surface area contributed by atoms with Crippen molar-refractivity contribution in [2.24, 2.45) is 10.8 Å². The molecule has 0 atom stereocenters. The molecular weight excluding hydrogens is 232 g/mol. The van der Waals surface area contributed by atoms with Gasteiger partial charge in [-0.3, -0.25) is 0 Å². The first-order valence-corrected chi connectivity index (χ1v) is 6.64. The summed E-state index contributed by atoms with van der Waals surface area (Å²) in [7, 11) is 0. The van der Waals surface area contributed by atoms with Crippen LogP contribution in [0.1, 0.15) is 41.5 Å². The van der Waals surface area contributed by atoms with Crippen molar-refractivity contribution < 1.29 is 18.9 Å². The molecule has 0 N–H and O–H groups in total. The van der Waals surface area contributed by atoms with Gasteiger partial charge in [-0.05, 0) is 13.8 Å². The summed E-state index contributed by atoms with van der Waals surface area (Å²) < 4.78 is 23.7. The average Bonchev–Trinajstić information content (AvgIpc) is 2.27. The minimum absolute atomic E-state index is 0.0454. The fourth-order valence-corrected chi connectivity index (χ4v) is 2.02. The monoisotopic (exact) mass is 258 g/mol. The van der Waals surface area contributed by atoms with E-state index in [0.29, 0.717) is 26.4 Å². The minimum atomic E-state index is -0.834. The van der Waals surface area contributed by atoms with E-state index >= 15 is 0 Å². The highest BCUT2D eigenvalue weighted by Crippen LogP contribution is 2.42. The highest BCUT2D eigenvalue weighted by molar-refractivity contribution is 4.90. The summed E-state index contributed by atoms with van der Waals surface area (Å²) >= 11 is 0. The predicted octanol–water partition coefficient (Wildman–Crippen LogP) is 2.56. The molecule has 2 aliphatic rings. The van der Waals surface area contributed by atoms with Crippen molar-refractivity contribution in [3.63, 3.8) is 0 Å². The molecule has 2 fully saturated rings. The van der Waals surface area contributed by atoms with Crippen LogP contribution in [0.25, 0.3) is 0 Å². The van der Waals surface area contributed by atoms with Crippen LogP contribution in [0, 0.1) is 10.8 Å². The van der Waals surface area contributed by atoms with Crippen LogP contribution in [0.15, 0.2) is 0 Å². The third-order valence-electron chi connectivity index (χ3n) is 3.78. The Morgan fingerprint density at radius 1 is 0.500 bits per heavy atom. The summed E-state index contributed by atoms with van der Waals surface area (Å²) in [4.78, 5) is 0. The third-order valence-corrected chi connectivity index (χ3v) is 3.78. The van der Waals surface area contributed by atoms with Gasteiger partial charge in [0.1, 0.15) is 0 Å². The molecule has 0 aliphatic carbocycles. The maximum atomic E-state index is 5.92. The third kappa shape index (κ3) is 2.57. The second kappa shape index (κ2) is 4.17. The molecular formula is C14H26O4. The zero-order valence-corrected chi connectivity index (χ0v) is 12.5. The highest BCUT2D eigenvalue weighted by atomic mass is 16.8. The van der Waals surface area contributed by atoms with Crippen LogP contribution in [-0.4, -0.2) is 38.0 Å². The van der Waals surface area contributed by atoms with Gasteiger partial charge in [0, 0.05) is 10.8 Å². The number of rotatable bonds is 1. The molecule has 0 aromatic rings. The predicted molar refractivity (Wildman–Crippen MR) is 68.2 cm³/mol. The lowest BCUT2D eigenvalue weighted by atomic mass is 9.91. The largest absolute Gasteiger partial charge is 0.345 e. The van der Waals surface area contributed by atoms with E-state index in [1.54, 1.807) is 0 Å². The molecule has 2 rings (SSSR count). The Balaban J connectivity index is 2.07. The smallest absolute Gasteiger partial charge is 0.220 e. The fraction of sp³-hybridized carbons (Fsp3) is 1.00. The average molecular weight is 258 g/mol. The zero-order valence-electron chi connectivity index (χ0n) is 12.5. The van der Waals surface area contributed by atoms with Crippen molar-refractivity contribution in [3.05, 3.63) is 0 Å². The topological polar surface area (TPSA) is 36.9 Å². The zero-order chi connectivity index (χ0) is 13.7. The summed E-state index contributed by atoms with van der Waals surface area (Å²) in [6.07, 6.45) is 0. The van der Waals surface area contributed by atoms with E-state index in [4.69, 9.17) is 18.9 Å². The molecule has 4 nitrogen and oxygen atoms in total. The maximum absolute atomic E-state index is 5.92. The molecule has 18 heavy (non-hydrogen) atoms. The van der Waals surface area contributed by atoms with Gasteiger partial charge in [-0.1, -0.05) is 27.7 Å². The Hall–Kier alpha value is -0.160. The van der Waals surface area contributed by atoms with Gasteiger partial charge in [-0.25, -0.2) is 0 Å². The normalized spacial score (nSPS) is 33.0. The number of hydrogen-bond donors (Lipinski definition) is 0. The van der Waals surface area contributed by atoms with Gasteiger partial charge in [-0.15, -0.1) is 0 Å². The molecule has 2 saturated heterocycles. The lowest BCUT2D eigenvalue weighted by Crippen LogP contribution is -2.64. The van der Waals surface area contributed by atoms with Gasteiger partial charge in [0.25, 0.3) is 0 Å². The van der Waals surface area contributed by atoms with Gasteiger partial charge < -0.3 is 18.9 Å². The first kappa shape index (κ1) is 14.3. The van der Waals surface area contributed by atoms with Crippen LogP contribution >= 0.6 is 0 Å². The van der Waals surface area contributed by atoms with Crippen LogP contribution in [0.4, 0.5) is 0 Å². The van der Waals surface area contributed by atoms with E-state index in [-0.39, 0.29) is 10.8 Å². The molecule has 0 bridgehead atoms.